The Morgan fingerprint density at radius 2 is 1.14 bits per heavy atom. The molecule has 0 saturated carbocycles. The molecule has 0 aliphatic carbocycles. The Hall–Kier alpha value is 0.178. The zero-order chi connectivity index (χ0) is 22.3. The Bertz CT molecular complexity index is 558. The summed E-state index contributed by atoms with van der Waals surface area (Å²) in [4.78, 5) is 13.2. The molecule has 6 nitrogen and oxygen atoms in total. The third-order valence-electron chi connectivity index (χ3n) is 3.70. The molecule has 0 aromatic heterocycles. The summed E-state index contributed by atoms with van der Waals surface area (Å²) in [6.45, 7) is 26.9. The van der Waals surface area contributed by atoms with Crippen LogP contribution < -0.4 is 0 Å². The van der Waals surface area contributed by atoms with Gasteiger partial charge >= 0.3 is 5.97 Å². The molecule has 0 aromatic rings. The van der Waals surface area contributed by atoms with E-state index in [-0.39, 0.29) is 0 Å². The summed E-state index contributed by atoms with van der Waals surface area (Å²) < 4.78 is 31.6. The van der Waals surface area contributed by atoms with E-state index in [0.717, 1.165) is 0 Å². The number of carbonyl (C=O) groups excluding carboxylic acids is 1. The van der Waals surface area contributed by atoms with E-state index in [1.165, 1.54) is 0 Å². The minimum Gasteiger partial charge on any atom is -0.432 e. The summed E-state index contributed by atoms with van der Waals surface area (Å²) in [5, 5.41) is 0. The van der Waals surface area contributed by atoms with E-state index >= 15 is 0 Å². The molecule has 1 rings (SSSR count). The van der Waals surface area contributed by atoms with Crippen molar-refractivity contribution in [3.8, 4) is 0 Å². The number of hydrogen-bond acceptors (Lipinski definition) is 6. The lowest BCUT2D eigenvalue weighted by molar-refractivity contribution is -0.247. The van der Waals surface area contributed by atoms with Crippen LogP contribution in [0.2, 0.25) is 78.6 Å². The van der Waals surface area contributed by atoms with Crippen LogP contribution in [0.25, 0.3) is 0 Å². The highest BCUT2D eigenvalue weighted by atomic mass is 28.4. The second-order valence-corrected chi connectivity index (χ2v) is 29.5. The van der Waals surface area contributed by atoms with Gasteiger partial charge in [-0.25, -0.2) is 4.79 Å². The first-order valence-corrected chi connectivity index (χ1v) is 23.7. The third-order valence-corrected chi connectivity index (χ3v) is 7.61. The molecule has 10 heteroatoms. The molecule has 1 aliphatic rings. The Morgan fingerprint density at radius 3 is 1.50 bits per heavy atom. The molecule has 166 valence electrons. The van der Waals surface area contributed by atoms with Gasteiger partial charge in [0.2, 0.25) is 6.29 Å². The first-order chi connectivity index (χ1) is 12.1. The summed E-state index contributed by atoms with van der Waals surface area (Å²) in [6.07, 6.45) is -1.85. The zero-order valence-electron chi connectivity index (χ0n) is 20.2. The van der Waals surface area contributed by atoms with Crippen LogP contribution in [0.1, 0.15) is 6.92 Å². The van der Waals surface area contributed by atoms with Crippen molar-refractivity contribution in [3.05, 3.63) is 0 Å². The van der Waals surface area contributed by atoms with Crippen molar-refractivity contribution in [2.45, 2.75) is 110 Å². The van der Waals surface area contributed by atoms with E-state index in [1.54, 1.807) is 6.92 Å². The average Bonchev–Trinajstić information content (AvgIpc) is 2.34. The molecule has 0 amide bonds. The SMILES string of the molecule is CC1(O[Si](C)(C)C)C(=O)OC(O[Si](C)(C)C)C(O[Si](C)(C)C)C1O[Si](C)(C)C. The van der Waals surface area contributed by atoms with Gasteiger partial charge in [0, 0.05) is 0 Å². The molecule has 0 aromatic carbocycles. The fourth-order valence-electron chi connectivity index (χ4n) is 3.12. The third kappa shape index (κ3) is 8.13. The molecule has 0 N–H and O–H groups in total. The van der Waals surface area contributed by atoms with Gasteiger partial charge in [-0.05, 0) is 85.5 Å². The smallest absolute Gasteiger partial charge is 0.342 e. The molecule has 1 saturated heterocycles. The van der Waals surface area contributed by atoms with Gasteiger partial charge in [-0.1, -0.05) is 0 Å². The maximum absolute atomic E-state index is 13.2. The Kier molecular flexibility index (Phi) is 7.83. The van der Waals surface area contributed by atoms with E-state index in [2.05, 4.69) is 78.6 Å². The molecule has 0 radical (unpaired) electrons. The predicted octanol–water partition coefficient (Wildman–Crippen LogP) is 4.77. The maximum atomic E-state index is 13.2. The maximum Gasteiger partial charge on any atom is 0.342 e. The van der Waals surface area contributed by atoms with Gasteiger partial charge < -0.3 is 22.4 Å². The highest BCUT2D eigenvalue weighted by Crippen LogP contribution is 2.38. The van der Waals surface area contributed by atoms with E-state index < -0.39 is 63.3 Å². The van der Waals surface area contributed by atoms with Crippen LogP contribution in [0.3, 0.4) is 0 Å². The minimum absolute atomic E-state index is 0.420. The molecular formula is C18H42O6Si4. The lowest BCUT2D eigenvalue weighted by Crippen LogP contribution is -2.70. The van der Waals surface area contributed by atoms with Crippen molar-refractivity contribution in [3.63, 3.8) is 0 Å². The molecule has 4 atom stereocenters. The van der Waals surface area contributed by atoms with E-state index in [0.29, 0.717) is 0 Å². The van der Waals surface area contributed by atoms with Gasteiger partial charge in [0.1, 0.15) is 12.2 Å². The van der Waals surface area contributed by atoms with Gasteiger partial charge in [0.25, 0.3) is 0 Å². The second kappa shape index (κ2) is 8.37. The minimum atomic E-state index is -2.07. The number of hydrogen-bond donors (Lipinski definition) is 0. The predicted molar refractivity (Wildman–Crippen MR) is 124 cm³/mol. The zero-order valence-corrected chi connectivity index (χ0v) is 24.2. The fourth-order valence-corrected chi connectivity index (χ4v) is 7.65. The Labute approximate surface area is 176 Å². The van der Waals surface area contributed by atoms with Gasteiger partial charge in [0.15, 0.2) is 38.9 Å². The second-order valence-electron chi connectivity index (χ2n) is 11.7. The molecule has 0 spiro atoms. The van der Waals surface area contributed by atoms with E-state index in [4.69, 9.17) is 22.4 Å². The standard InChI is InChI=1S/C18H42O6Si4/c1-18(24-28(11,12)13)15(22-26(5,6)7)14(21-25(2,3)4)16(20-17(18)19)23-27(8,9)10/h14-16H,1-13H3. The molecule has 28 heavy (non-hydrogen) atoms. The van der Waals surface area contributed by atoms with Crippen molar-refractivity contribution in [2.75, 3.05) is 0 Å². The number of esters is 1. The summed E-state index contributed by atoms with van der Waals surface area (Å²) in [5.41, 5.74) is -1.21. The van der Waals surface area contributed by atoms with Gasteiger partial charge in [-0.3, -0.25) is 0 Å². The summed E-state index contributed by atoms with van der Waals surface area (Å²) in [6, 6.07) is 0. The fraction of sp³-hybridized carbons (Fsp3) is 0.944. The van der Waals surface area contributed by atoms with Gasteiger partial charge in [-0.15, -0.1) is 0 Å². The lowest BCUT2D eigenvalue weighted by atomic mass is 9.92. The average molecular weight is 467 g/mol. The number of carbonyl (C=O) groups is 1. The van der Waals surface area contributed by atoms with Crippen molar-refractivity contribution >= 4 is 39.2 Å². The topological polar surface area (TPSA) is 63.2 Å². The Morgan fingerprint density at radius 1 is 0.714 bits per heavy atom. The molecule has 1 heterocycles. The van der Waals surface area contributed by atoms with Gasteiger partial charge in [-0.2, -0.15) is 0 Å². The molecule has 1 fully saturated rings. The van der Waals surface area contributed by atoms with Crippen molar-refractivity contribution in [1.82, 2.24) is 0 Å². The summed E-state index contributed by atoms with van der Waals surface area (Å²) in [5.74, 6) is -0.420. The van der Waals surface area contributed by atoms with Crippen molar-refractivity contribution < 1.29 is 27.2 Å². The Balaban J connectivity index is 3.49. The number of rotatable bonds is 8. The monoisotopic (exact) mass is 466 g/mol. The van der Waals surface area contributed by atoms with Crippen LogP contribution >= 0.6 is 0 Å². The number of ether oxygens (including phenoxy) is 1. The normalized spacial score (nSPS) is 30.3. The van der Waals surface area contributed by atoms with Crippen LogP contribution in [0.5, 0.6) is 0 Å². The van der Waals surface area contributed by atoms with E-state index in [1.807, 2.05) is 0 Å². The first-order valence-electron chi connectivity index (χ1n) is 10.1. The quantitative estimate of drug-likeness (QED) is 0.379. The first kappa shape index (κ1) is 26.2. The molecular weight excluding hydrogens is 425 g/mol. The highest BCUT2D eigenvalue weighted by Gasteiger charge is 2.60. The summed E-state index contributed by atoms with van der Waals surface area (Å²) >= 11 is 0. The van der Waals surface area contributed by atoms with Gasteiger partial charge in [0.05, 0.1) is 0 Å². The van der Waals surface area contributed by atoms with Crippen LogP contribution in [0.4, 0.5) is 0 Å². The number of cyclic esters (lactones) is 1. The van der Waals surface area contributed by atoms with Crippen molar-refractivity contribution in [1.29, 1.82) is 0 Å². The van der Waals surface area contributed by atoms with Crippen molar-refractivity contribution in [2.24, 2.45) is 0 Å². The van der Waals surface area contributed by atoms with Crippen LogP contribution in [0, 0.1) is 0 Å². The van der Waals surface area contributed by atoms with Crippen LogP contribution in [0.15, 0.2) is 0 Å². The highest BCUT2D eigenvalue weighted by molar-refractivity contribution is 6.71. The molecule has 0 bridgehead atoms. The van der Waals surface area contributed by atoms with E-state index in [9.17, 15) is 4.79 Å². The molecule has 1 aliphatic heterocycles. The molecule has 4 unspecified atom stereocenters. The largest absolute Gasteiger partial charge is 0.432 e. The van der Waals surface area contributed by atoms with Crippen LogP contribution in [-0.2, 0) is 27.2 Å². The summed E-state index contributed by atoms with van der Waals surface area (Å²) in [7, 11) is -8.08. The van der Waals surface area contributed by atoms with Crippen LogP contribution in [-0.4, -0.2) is 63.3 Å². The lowest BCUT2D eigenvalue weighted by Gasteiger charge is -2.52.